The zero-order valence-corrected chi connectivity index (χ0v) is 9.82. The Morgan fingerprint density at radius 3 is 2.00 bits per heavy atom. The summed E-state index contributed by atoms with van der Waals surface area (Å²) >= 11 is 0. The lowest BCUT2D eigenvalue weighted by Gasteiger charge is -2.14. The van der Waals surface area contributed by atoms with Gasteiger partial charge in [-0.15, -0.1) is 0 Å². The highest BCUT2D eigenvalue weighted by molar-refractivity contribution is 5.81. The van der Waals surface area contributed by atoms with Gasteiger partial charge in [-0.05, 0) is 5.56 Å². The smallest absolute Gasteiger partial charge is 0.308 e. The number of hydrogen-bond donors (Lipinski definition) is 2. The number of rotatable bonds is 4. The maximum Gasteiger partial charge on any atom is 0.308 e. The number of carboxylic acids is 2. The molecule has 96 valence electrons. The quantitative estimate of drug-likeness (QED) is 0.829. The summed E-state index contributed by atoms with van der Waals surface area (Å²) in [5.74, 6) is -3.69. The van der Waals surface area contributed by atoms with Crippen molar-refractivity contribution in [3.8, 4) is 0 Å². The van der Waals surface area contributed by atoms with Gasteiger partial charge >= 0.3 is 11.9 Å². The second kappa shape index (κ2) is 5.18. The van der Waals surface area contributed by atoms with Crippen molar-refractivity contribution in [2.75, 3.05) is 13.1 Å². The number of carbonyl (C=O) groups is 2. The first-order valence-electron chi connectivity index (χ1n) is 5.80. The fourth-order valence-electron chi connectivity index (χ4n) is 2.36. The van der Waals surface area contributed by atoms with Crippen LogP contribution in [0.1, 0.15) is 5.56 Å². The molecule has 0 aliphatic carbocycles. The van der Waals surface area contributed by atoms with Crippen LogP contribution in [-0.2, 0) is 16.1 Å². The molecule has 2 N–H and O–H groups in total. The Kier molecular flexibility index (Phi) is 3.62. The van der Waals surface area contributed by atoms with E-state index in [4.69, 9.17) is 10.2 Å². The molecule has 1 aliphatic rings. The van der Waals surface area contributed by atoms with E-state index >= 15 is 0 Å². The number of hydrogen-bond acceptors (Lipinski definition) is 3. The second-order valence-corrected chi connectivity index (χ2v) is 4.57. The summed E-state index contributed by atoms with van der Waals surface area (Å²) in [5, 5.41) is 18.1. The van der Waals surface area contributed by atoms with E-state index < -0.39 is 23.8 Å². The van der Waals surface area contributed by atoms with E-state index in [1.54, 1.807) is 0 Å². The summed E-state index contributed by atoms with van der Waals surface area (Å²) in [6.07, 6.45) is 0. The number of carboxylic acid groups (broad SMARTS) is 2. The van der Waals surface area contributed by atoms with Gasteiger partial charge in [0, 0.05) is 19.6 Å². The number of benzene rings is 1. The van der Waals surface area contributed by atoms with E-state index in [2.05, 4.69) is 0 Å². The van der Waals surface area contributed by atoms with Crippen LogP contribution < -0.4 is 0 Å². The van der Waals surface area contributed by atoms with E-state index in [-0.39, 0.29) is 0 Å². The minimum atomic E-state index is -1.03. The van der Waals surface area contributed by atoms with E-state index in [0.717, 1.165) is 5.56 Å². The maximum atomic E-state index is 11.0. The maximum absolute atomic E-state index is 11.0. The second-order valence-electron chi connectivity index (χ2n) is 4.57. The molecule has 0 aromatic heterocycles. The van der Waals surface area contributed by atoms with Crippen LogP contribution in [0.25, 0.3) is 0 Å². The first kappa shape index (κ1) is 12.6. The standard InChI is InChI=1S/C13H15NO4/c15-12(16)10-7-14(8-11(10)13(17)18)6-9-4-2-1-3-5-9/h1-5,10-11H,6-8H2,(H,15,16)(H,17,18)/t10-,11+. The van der Waals surface area contributed by atoms with Crippen molar-refractivity contribution in [1.29, 1.82) is 0 Å². The molecule has 1 fully saturated rings. The Morgan fingerprint density at radius 2 is 1.56 bits per heavy atom. The third-order valence-corrected chi connectivity index (χ3v) is 3.28. The molecule has 1 aromatic rings. The van der Waals surface area contributed by atoms with Gasteiger partial charge in [0.25, 0.3) is 0 Å². The topological polar surface area (TPSA) is 77.8 Å². The third-order valence-electron chi connectivity index (χ3n) is 3.28. The lowest BCUT2D eigenvalue weighted by Crippen LogP contribution is -2.28. The van der Waals surface area contributed by atoms with Gasteiger partial charge in [0.05, 0.1) is 11.8 Å². The molecule has 0 spiro atoms. The highest BCUT2D eigenvalue weighted by Crippen LogP contribution is 2.25. The van der Waals surface area contributed by atoms with Crippen molar-refractivity contribution < 1.29 is 19.8 Å². The molecule has 0 saturated carbocycles. The van der Waals surface area contributed by atoms with Gasteiger partial charge in [0.1, 0.15) is 0 Å². The molecule has 5 heteroatoms. The summed E-state index contributed by atoms with van der Waals surface area (Å²) in [6.45, 7) is 1.18. The SMILES string of the molecule is O=C(O)[C@H]1CN(Cc2ccccc2)C[C@H]1C(=O)O. The molecule has 1 aliphatic heterocycles. The van der Waals surface area contributed by atoms with Crippen LogP contribution in [0.5, 0.6) is 0 Å². The zero-order valence-electron chi connectivity index (χ0n) is 9.82. The van der Waals surface area contributed by atoms with Crippen LogP contribution >= 0.6 is 0 Å². The fraction of sp³-hybridized carbons (Fsp3) is 0.385. The number of likely N-dealkylation sites (tertiary alicyclic amines) is 1. The largest absolute Gasteiger partial charge is 0.481 e. The molecule has 1 heterocycles. The molecule has 1 saturated heterocycles. The molecular weight excluding hydrogens is 234 g/mol. The van der Waals surface area contributed by atoms with Crippen LogP contribution in [-0.4, -0.2) is 40.1 Å². The summed E-state index contributed by atoms with van der Waals surface area (Å²) < 4.78 is 0. The van der Waals surface area contributed by atoms with Gasteiger partial charge in [-0.1, -0.05) is 30.3 Å². The summed E-state index contributed by atoms with van der Waals surface area (Å²) in [6, 6.07) is 9.63. The average Bonchev–Trinajstić information content (AvgIpc) is 2.74. The first-order chi connectivity index (χ1) is 8.58. The Hall–Kier alpha value is -1.88. The normalized spacial score (nSPS) is 24.0. The molecule has 2 rings (SSSR count). The van der Waals surface area contributed by atoms with Gasteiger partial charge in [-0.25, -0.2) is 0 Å². The number of nitrogens with zero attached hydrogens (tertiary/aromatic N) is 1. The highest BCUT2D eigenvalue weighted by Gasteiger charge is 2.41. The molecular formula is C13H15NO4. The van der Waals surface area contributed by atoms with Crippen molar-refractivity contribution in [1.82, 2.24) is 4.90 Å². The molecule has 0 amide bonds. The Balaban J connectivity index is 2.05. The monoisotopic (exact) mass is 249 g/mol. The molecule has 0 radical (unpaired) electrons. The Morgan fingerprint density at radius 1 is 1.06 bits per heavy atom. The van der Waals surface area contributed by atoms with Crippen LogP contribution in [0.3, 0.4) is 0 Å². The van der Waals surface area contributed by atoms with E-state index in [9.17, 15) is 9.59 Å². The molecule has 1 aromatic carbocycles. The first-order valence-corrected chi connectivity index (χ1v) is 5.80. The van der Waals surface area contributed by atoms with Crippen molar-refractivity contribution in [3.63, 3.8) is 0 Å². The molecule has 0 unspecified atom stereocenters. The molecule has 2 atom stereocenters. The Labute approximate surface area is 105 Å². The van der Waals surface area contributed by atoms with Gasteiger partial charge in [0.15, 0.2) is 0 Å². The van der Waals surface area contributed by atoms with Gasteiger partial charge in [-0.3, -0.25) is 14.5 Å². The van der Waals surface area contributed by atoms with Crippen LogP contribution in [0.15, 0.2) is 30.3 Å². The van der Waals surface area contributed by atoms with Gasteiger partial charge in [-0.2, -0.15) is 0 Å². The van der Waals surface area contributed by atoms with Crippen LogP contribution in [0, 0.1) is 11.8 Å². The van der Waals surface area contributed by atoms with Crippen molar-refractivity contribution >= 4 is 11.9 Å². The minimum absolute atomic E-state index is 0.293. The predicted molar refractivity (Wildman–Crippen MR) is 64.0 cm³/mol. The van der Waals surface area contributed by atoms with Gasteiger partial charge < -0.3 is 10.2 Å². The predicted octanol–water partition coefficient (Wildman–Crippen LogP) is 0.904. The van der Waals surface area contributed by atoms with E-state index in [1.165, 1.54) is 0 Å². The molecule has 0 bridgehead atoms. The number of aliphatic carboxylic acids is 2. The van der Waals surface area contributed by atoms with Crippen molar-refractivity contribution in [2.24, 2.45) is 11.8 Å². The van der Waals surface area contributed by atoms with Crippen LogP contribution in [0.2, 0.25) is 0 Å². The summed E-state index contributed by atoms with van der Waals surface area (Å²) in [5.41, 5.74) is 1.06. The van der Waals surface area contributed by atoms with E-state index in [0.29, 0.717) is 19.6 Å². The molecule has 18 heavy (non-hydrogen) atoms. The summed E-state index contributed by atoms with van der Waals surface area (Å²) in [7, 11) is 0. The van der Waals surface area contributed by atoms with Gasteiger partial charge in [0.2, 0.25) is 0 Å². The summed E-state index contributed by atoms with van der Waals surface area (Å²) in [4.78, 5) is 23.9. The van der Waals surface area contributed by atoms with E-state index in [1.807, 2.05) is 35.2 Å². The minimum Gasteiger partial charge on any atom is -0.481 e. The fourth-order valence-corrected chi connectivity index (χ4v) is 2.36. The highest BCUT2D eigenvalue weighted by atomic mass is 16.4. The van der Waals surface area contributed by atoms with Crippen LogP contribution in [0.4, 0.5) is 0 Å². The average molecular weight is 249 g/mol. The molecule has 5 nitrogen and oxygen atoms in total. The lowest BCUT2D eigenvalue weighted by molar-refractivity contribution is -0.151. The third kappa shape index (κ3) is 2.68. The lowest BCUT2D eigenvalue weighted by atomic mass is 9.97. The Bertz CT molecular complexity index is 424. The zero-order chi connectivity index (χ0) is 13.1. The van der Waals surface area contributed by atoms with Crippen molar-refractivity contribution in [3.05, 3.63) is 35.9 Å². The van der Waals surface area contributed by atoms with Crippen molar-refractivity contribution in [2.45, 2.75) is 6.54 Å².